The normalized spacial score (nSPS) is 10.6. The molecule has 0 unspecified atom stereocenters. The van der Waals surface area contributed by atoms with Gasteiger partial charge >= 0.3 is 0 Å². The summed E-state index contributed by atoms with van der Waals surface area (Å²) in [6.07, 6.45) is 2.92. The first kappa shape index (κ1) is 15.6. The summed E-state index contributed by atoms with van der Waals surface area (Å²) in [5.74, 6) is 7.26. The molecule has 0 aromatic carbocycles. The van der Waals surface area contributed by atoms with Crippen LogP contribution in [0.25, 0.3) is 0 Å². The molecule has 7 nitrogen and oxygen atoms in total. The summed E-state index contributed by atoms with van der Waals surface area (Å²) in [5.41, 5.74) is 2.54. The molecule has 0 bridgehead atoms. The van der Waals surface area contributed by atoms with Crippen LogP contribution < -0.4 is 16.6 Å². The molecular weight excluding hydrogens is 288 g/mol. The van der Waals surface area contributed by atoms with Gasteiger partial charge < -0.3 is 15.5 Å². The van der Waals surface area contributed by atoms with Crippen molar-refractivity contribution in [1.82, 2.24) is 15.0 Å². The van der Waals surface area contributed by atoms with Crippen molar-refractivity contribution in [3.63, 3.8) is 0 Å². The van der Waals surface area contributed by atoms with E-state index in [4.69, 9.17) is 10.6 Å². The number of hydrogen-bond donors (Lipinski definition) is 3. The van der Waals surface area contributed by atoms with E-state index in [9.17, 15) is 0 Å². The molecule has 2 aromatic heterocycles. The van der Waals surface area contributed by atoms with Gasteiger partial charge in [-0.2, -0.15) is 0 Å². The fraction of sp³-hybridized carbons (Fsp3) is 0.462. The minimum Gasteiger partial charge on any atom is -0.374 e. The highest BCUT2D eigenvalue weighted by Gasteiger charge is 2.06. The monoisotopic (exact) mass is 308 g/mol. The third kappa shape index (κ3) is 4.62. The molecular formula is C13H20N6OS. The molecule has 0 atom stereocenters. The molecule has 0 aliphatic rings. The van der Waals surface area contributed by atoms with E-state index in [1.807, 2.05) is 13.1 Å². The molecule has 4 N–H and O–H groups in total. The Bertz CT molecular complexity index is 574. The summed E-state index contributed by atoms with van der Waals surface area (Å²) in [5, 5.41) is 4.26. The number of nitrogen functional groups attached to an aromatic ring is 1. The van der Waals surface area contributed by atoms with Gasteiger partial charge in [-0.3, -0.25) is 0 Å². The second kappa shape index (κ2) is 7.87. The summed E-state index contributed by atoms with van der Waals surface area (Å²) in [7, 11) is 0. The average Bonchev–Trinajstić information content (AvgIpc) is 2.98. The standard InChI is InChI=1S/C13H20N6OS/c1-3-9-6-16-13(21-9)7-15-10-5-11(19-14)18-12(17-10)8-20-4-2/h5-6H,3-4,7-8,14H2,1-2H3,(H2,15,17,18,19). The first-order valence-electron chi connectivity index (χ1n) is 6.84. The maximum atomic E-state index is 5.43. The Morgan fingerprint density at radius 3 is 2.76 bits per heavy atom. The van der Waals surface area contributed by atoms with E-state index >= 15 is 0 Å². The topological polar surface area (TPSA) is 98.0 Å². The van der Waals surface area contributed by atoms with E-state index in [0.717, 1.165) is 11.4 Å². The predicted octanol–water partition coefficient (Wildman–Crippen LogP) is 1.93. The van der Waals surface area contributed by atoms with Gasteiger partial charge in [0.25, 0.3) is 0 Å². The van der Waals surface area contributed by atoms with Gasteiger partial charge in [0, 0.05) is 23.7 Å². The number of nitrogens with one attached hydrogen (secondary N) is 2. The molecule has 2 heterocycles. The van der Waals surface area contributed by atoms with Crippen LogP contribution in [0.2, 0.25) is 0 Å². The second-order valence-electron chi connectivity index (χ2n) is 4.26. The molecule has 2 rings (SSSR count). The minimum absolute atomic E-state index is 0.359. The number of aryl methyl sites for hydroxylation is 1. The van der Waals surface area contributed by atoms with Crippen molar-refractivity contribution in [1.29, 1.82) is 0 Å². The van der Waals surface area contributed by atoms with E-state index in [2.05, 4.69) is 32.6 Å². The van der Waals surface area contributed by atoms with Gasteiger partial charge in [-0.15, -0.1) is 11.3 Å². The van der Waals surface area contributed by atoms with Gasteiger partial charge in [0.05, 0.1) is 6.54 Å². The van der Waals surface area contributed by atoms with E-state index in [0.29, 0.717) is 37.2 Å². The molecule has 21 heavy (non-hydrogen) atoms. The van der Waals surface area contributed by atoms with Gasteiger partial charge in [-0.25, -0.2) is 20.8 Å². The summed E-state index contributed by atoms with van der Waals surface area (Å²) >= 11 is 1.70. The minimum atomic E-state index is 0.359. The Kier molecular flexibility index (Phi) is 5.85. The zero-order valence-corrected chi connectivity index (χ0v) is 13.0. The van der Waals surface area contributed by atoms with Crippen LogP contribution in [0, 0.1) is 0 Å². The maximum absolute atomic E-state index is 5.43. The highest BCUT2D eigenvalue weighted by Crippen LogP contribution is 2.16. The number of anilines is 2. The second-order valence-corrected chi connectivity index (χ2v) is 5.46. The largest absolute Gasteiger partial charge is 0.374 e. The molecule has 114 valence electrons. The number of nitrogens with zero attached hydrogens (tertiary/aromatic N) is 3. The van der Waals surface area contributed by atoms with E-state index in [1.54, 1.807) is 17.4 Å². The van der Waals surface area contributed by atoms with Crippen molar-refractivity contribution in [2.45, 2.75) is 33.4 Å². The molecule has 0 saturated heterocycles. The van der Waals surface area contributed by atoms with Gasteiger partial charge in [0.2, 0.25) is 0 Å². The lowest BCUT2D eigenvalue weighted by Gasteiger charge is -2.08. The summed E-state index contributed by atoms with van der Waals surface area (Å²) in [6, 6.07) is 1.75. The van der Waals surface area contributed by atoms with Crippen molar-refractivity contribution < 1.29 is 4.74 Å². The van der Waals surface area contributed by atoms with E-state index < -0.39 is 0 Å². The maximum Gasteiger partial charge on any atom is 0.158 e. The highest BCUT2D eigenvalue weighted by atomic mass is 32.1. The van der Waals surface area contributed by atoms with Gasteiger partial charge in [0.1, 0.15) is 23.3 Å². The molecule has 0 aliphatic heterocycles. The molecule has 0 saturated carbocycles. The zero-order chi connectivity index (χ0) is 15.1. The lowest BCUT2D eigenvalue weighted by atomic mass is 10.4. The van der Waals surface area contributed by atoms with Crippen molar-refractivity contribution in [3.8, 4) is 0 Å². The van der Waals surface area contributed by atoms with Crippen molar-refractivity contribution in [3.05, 3.63) is 28.0 Å². The van der Waals surface area contributed by atoms with Gasteiger partial charge in [-0.05, 0) is 13.3 Å². The molecule has 0 spiro atoms. The molecule has 0 aliphatic carbocycles. The van der Waals surface area contributed by atoms with Crippen LogP contribution in [-0.2, 0) is 24.3 Å². The fourth-order valence-electron chi connectivity index (χ4n) is 1.68. The third-order valence-corrected chi connectivity index (χ3v) is 3.87. The van der Waals surface area contributed by atoms with Crippen LogP contribution >= 0.6 is 11.3 Å². The average molecular weight is 308 g/mol. The number of aromatic nitrogens is 3. The summed E-state index contributed by atoms with van der Waals surface area (Å²) < 4.78 is 5.32. The Hall–Kier alpha value is -1.77. The molecule has 8 heteroatoms. The number of nitrogens with two attached hydrogens (primary N) is 1. The van der Waals surface area contributed by atoms with Crippen molar-refractivity contribution in [2.24, 2.45) is 5.84 Å². The summed E-state index contributed by atoms with van der Waals surface area (Å²) in [6.45, 7) is 5.65. The Balaban J connectivity index is 2.03. The third-order valence-electron chi connectivity index (χ3n) is 2.73. The zero-order valence-electron chi connectivity index (χ0n) is 12.2. The van der Waals surface area contributed by atoms with E-state index in [1.165, 1.54) is 4.88 Å². The first-order valence-corrected chi connectivity index (χ1v) is 7.66. The number of hydrazine groups is 1. The highest BCUT2D eigenvalue weighted by molar-refractivity contribution is 7.11. The number of hydrogen-bond acceptors (Lipinski definition) is 8. The predicted molar refractivity (Wildman–Crippen MR) is 84.0 cm³/mol. The Morgan fingerprint density at radius 2 is 2.10 bits per heavy atom. The molecule has 0 fully saturated rings. The van der Waals surface area contributed by atoms with Crippen LogP contribution in [0.3, 0.4) is 0 Å². The van der Waals surface area contributed by atoms with Gasteiger partial charge in [0.15, 0.2) is 5.82 Å². The van der Waals surface area contributed by atoms with Crippen molar-refractivity contribution in [2.75, 3.05) is 17.3 Å². The quantitative estimate of drug-likeness (QED) is 0.506. The Labute approximate surface area is 128 Å². The van der Waals surface area contributed by atoms with Gasteiger partial charge in [-0.1, -0.05) is 6.92 Å². The first-order chi connectivity index (χ1) is 10.2. The van der Waals surface area contributed by atoms with Crippen LogP contribution in [0.1, 0.15) is 29.6 Å². The fourth-order valence-corrected chi connectivity index (χ4v) is 2.48. The number of rotatable bonds is 8. The molecule has 0 radical (unpaired) electrons. The van der Waals surface area contributed by atoms with Crippen molar-refractivity contribution >= 4 is 23.0 Å². The SMILES string of the molecule is CCOCc1nc(NN)cc(NCc2ncc(CC)s2)n1. The van der Waals surface area contributed by atoms with Crippen LogP contribution in [0.15, 0.2) is 12.3 Å². The lowest BCUT2D eigenvalue weighted by molar-refractivity contribution is 0.128. The Morgan fingerprint density at radius 1 is 1.29 bits per heavy atom. The van der Waals surface area contributed by atoms with Crippen LogP contribution in [0.5, 0.6) is 0 Å². The summed E-state index contributed by atoms with van der Waals surface area (Å²) in [4.78, 5) is 14.3. The van der Waals surface area contributed by atoms with Crippen LogP contribution in [-0.4, -0.2) is 21.6 Å². The van der Waals surface area contributed by atoms with E-state index in [-0.39, 0.29) is 0 Å². The molecule has 0 amide bonds. The molecule has 2 aromatic rings. The van der Waals surface area contributed by atoms with Crippen LogP contribution in [0.4, 0.5) is 11.6 Å². The number of thiazole rings is 1. The number of ether oxygens (including phenoxy) is 1. The lowest BCUT2D eigenvalue weighted by Crippen LogP contribution is -2.13. The smallest absolute Gasteiger partial charge is 0.158 e.